The van der Waals surface area contributed by atoms with E-state index in [1.807, 2.05) is 10.9 Å². The Morgan fingerprint density at radius 1 is 1.11 bits per heavy atom. The average molecular weight is 265 g/mol. The number of rotatable bonds is 3. The first-order valence-electron chi connectivity index (χ1n) is 4.91. The average Bonchev–Trinajstić information content (AvgIpc) is 2.32. The molecule has 100 valence electrons. The molecule has 1 aromatic carbocycles. The minimum atomic E-state index is -1.31. The van der Waals surface area contributed by atoms with Crippen LogP contribution in [0.15, 0.2) is 30.4 Å². The maximum absolute atomic E-state index is 11.5. The summed E-state index contributed by atoms with van der Waals surface area (Å²) in [5.74, 6) is -3.95. The number of carbonyl (C=O) groups is 3. The van der Waals surface area contributed by atoms with E-state index in [1.165, 1.54) is 0 Å². The van der Waals surface area contributed by atoms with Gasteiger partial charge in [-0.15, -0.1) is 5.75 Å². The number of phenolic OH excluding ortho intramolecular Hbond substituents is 1. The highest BCUT2D eigenvalue weighted by Gasteiger charge is 2.07. The van der Waals surface area contributed by atoms with Gasteiger partial charge in [0, 0.05) is 17.7 Å². The fraction of sp³-hybridized carbons (Fsp3) is 0. The quantitative estimate of drug-likeness (QED) is 0.402. The van der Waals surface area contributed by atoms with Gasteiger partial charge in [0.05, 0.1) is 0 Å². The lowest BCUT2D eigenvalue weighted by molar-refractivity contribution is -0.268. The number of phenols is 1. The molecule has 0 fully saturated rings. The molecule has 8 heteroatoms. The summed E-state index contributed by atoms with van der Waals surface area (Å²) in [7, 11) is 0. The molecule has 0 bridgehead atoms. The van der Waals surface area contributed by atoms with Gasteiger partial charge in [0.1, 0.15) is 5.75 Å². The normalized spacial score (nSPS) is 10.1. The lowest BCUT2D eigenvalue weighted by Gasteiger charge is -2.10. The van der Waals surface area contributed by atoms with Crippen molar-refractivity contribution in [3.8, 4) is 11.5 Å². The molecule has 0 atom stereocenters. The van der Waals surface area contributed by atoms with E-state index in [-0.39, 0.29) is 11.3 Å². The number of aromatic hydroxyl groups is 1. The van der Waals surface area contributed by atoms with Gasteiger partial charge in [-0.2, -0.15) is 0 Å². The second-order valence-electron chi connectivity index (χ2n) is 3.33. The third-order valence-corrected chi connectivity index (χ3v) is 1.83. The molecule has 0 aliphatic carbocycles. The van der Waals surface area contributed by atoms with Gasteiger partial charge in [0.15, 0.2) is 0 Å². The smallest absolute Gasteiger partial charge is 0.328 e. The van der Waals surface area contributed by atoms with Crippen LogP contribution >= 0.6 is 0 Å². The molecule has 0 radical (unpaired) electrons. The standard InChI is InChI=1S/C11H10N2O6/c14-7-3-6(4-8(15)5-7)11(19)13-12-9(16)1-2-10(17)18/h1-5,14-15H,(H,12,16)(H,13,19)(H,17,18)/p-1/b2-1+. The van der Waals surface area contributed by atoms with Gasteiger partial charge < -0.3 is 15.3 Å². The van der Waals surface area contributed by atoms with Crippen molar-refractivity contribution in [2.24, 2.45) is 0 Å². The molecule has 0 saturated carbocycles. The molecule has 1 aromatic rings. The molecule has 0 aliphatic heterocycles. The number of nitrogens with one attached hydrogen (secondary N) is 2. The summed E-state index contributed by atoms with van der Waals surface area (Å²) in [5, 5.41) is 28.4. The van der Waals surface area contributed by atoms with Crippen LogP contribution in [0.3, 0.4) is 0 Å². The van der Waals surface area contributed by atoms with E-state index in [1.54, 1.807) is 0 Å². The summed E-state index contributed by atoms with van der Waals surface area (Å²) in [5.41, 5.74) is 3.70. The first-order chi connectivity index (χ1) is 8.88. The lowest BCUT2D eigenvalue weighted by Crippen LogP contribution is -2.40. The fourth-order valence-electron chi connectivity index (χ4n) is 1.09. The van der Waals surface area contributed by atoms with E-state index in [4.69, 9.17) is 10.2 Å². The molecule has 8 nitrogen and oxygen atoms in total. The zero-order chi connectivity index (χ0) is 14.4. The van der Waals surface area contributed by atoms with Crippen LogP contribution in [0.2, 0.25) is 0 Å². The first-order valence-corrected chi connectivity index (χ1v) is 4.91. The van der Waals surface area contributed by atoms with E-state index in [0.29, 0.717) is 12.2 Å². The van der Waals surface area contributed by atoms with Gasteiger partial charge in [-0.25, -0.2) is 4.79 Å². The highest BCUT2D eigenvalue weighted by Crippen LogP contribution is 2.17. The number of carboxylic acids is 1. The van der Waals surface area contributed by atoms with Crippen molar-refractivity contribution in [3.63, 3.8) is 0 Å². The van der Waals surface area contributed by atoms with E-state index in [2.05, 4.69) is 0 Å². The van der Waals surface area contributed by atoms with E-state index >= 15 is 0 Å². The molecule has 0 aromatic heterocycles. The summed E-state index contributed by atoms with van der Waals surface area (Å²) in [6, 6.07) is 2.93. The van der Waals surface area contributed by atoms with Crippen LogP contribution in [0.5, 0.6) is 11.5 Å². The SMILES string of the molecule is O=C(O)/C=C/C(=O)NNC(=O)c1cc([O-])cc(O)c1. The third kappa shape index (κ3) is 4.77. The van der Waals surface area contributed by atoms with Crippen LogP contribution < -0.4 is 16.0 Å². The summed E-state index contributed by atoms with van der Waals surface area (Å²) >= 11 is 0. The minimum absolute atomic E-state index is 0.146. The summed E-state index contributed by atoms with van der Waals surface area (Å²) in [6.45, 7) is 0. The third-order valence-electron chi connectivity index (χ3n) is 1.83. The van der Waals surface area contributed by atoms with Crippen LogP contribution in [0.1, 0.15) is 10.4 Å². The largest absolute Gasteiger partial charge is 0.872 e. The Balaban J connectivity index is 2.60. The topological polar surface area (TPSA) is 139 Å². The molecule has 0 aliphatic rings. The molecule has 0 spiro atoms. The van der Waals surface area contributed by atoms with Crippen molar-refractivity contribution in [2.75, 3.05) is 0 Å². The van der Waals surface area contributed by atoms with Gasteiger partial charge >= 0.3 is 5.97 Å². The summed E-state index contributed by atoms with van der Waals surface area (Å²) in [4.78, 5) is 32.6. The van der Waals surface area contributed by atoms with Crippen LogP contribution in [-0.4, -0.2) is 28.0 Å². The van der Waals surface area contributed by atoms with Crippen molar-refractivity contribution < 1.29 is 29.7 Å². The molecule has 19 heavy (non-hydrogen) atoms. The van der Waals surface area contributed by atoms with Gasteiger partial charge in [-0.05, 0) is 12.1 Å². The Morgan fingerprint density at radius 3 is 2.37 bits per heavy atom. The van der Waals surface area contributed by atoms with E-state index < -0.39 is 23.5 Å². The van der Waals surface area contributed by atoms with Crippen molar-refractivity contribution in [3.05, 3.63) is 35.9 Å². The van der Waals surface area contributed by atoms with E-state index in [0.717, 1.165) is 18.2 Å². The van der Waals surface area contributed by atoms with Gasteiger partial charge in [0.2, 0.25) is 0 Å². The second kappa shape index (κ2) is 6.05. The van der Waals surface area contributed by atoms with Gasteiger partial charge in [0.25, 0.3) is 11.8 Å². The predicted molar refractivity (Wildman–Crippen MR) is 59.9 cm³/mol. The first kappa shape index (κ1) is 14.0. The van der Waals surface area contributed by atoms with Crippen molar-refractivity contribution in [2.45, 2.75) is 0 Å². The molecular formula is C11H9N2O6-. The Morgan fingerprint density at radius 2 is 1.79 bits per heavy atom. The van der Waals surface area contributed by atoms with Crippen molar-refractivity contribution >= 4 is 17.8 Å². The molecule has 0 saturated heterocycles. The number of aliphatic carboxylic acids is 1. The van der Waals surface area contributed by atoms with Gasteiger partial charge in [-0.3, -0.25) is 20.4 Å². The zero-order valence-electron chi connectivity index (χ0n) is 9.41. The number of hydrazine groups is 1. The van der Waals surface area contributed by atoms with Crippen molar-refractivity contribution in [1.29, 1.82) is 0 Å². The number of carboxylic acid groups (broad SMARTS) is 1. The maximum atomic E-state index is 11.5. The molecule has 4 N–H and O–H groups in total. The molecule has 0 unspecified atom stereocenters. The van der Waals surface area contributed by atoms with Gasteiger partial charge in [-0.1, -0.05) is 6.07 Å². The molecular weight excluding hydrogens is 256 g/mol. The monoisotopic (exact) mass is 265 g/mol. The van der Waals surface area contributed by atoms with Crippen molar-refractivity contribution in [1.82, 2.24) is 10.9 Å². The minimum Gasteiger partial charge on any atom is -0.872 e. The number of benzene rings is 1. The highest BCUT2D eigenvalue weighted by atomic mass is 16.4. The van der Waals surface area contributed by atoms with Crippen LogP contribution in [0.4, 0.5) is 0 Å². The molecule has 1 rings (SSSR count). The number of amides is 2. The second-order valence-corrected chi connectivity index (χ2v) is 3.33. The Kier molecular flexibility index (Phi) is 4.47. The predicted octanol–water partition coefficient (Wildman–Crippen LogP) is -1.13. The summed E-state index contributed by atoms with van der Waals surface area (Å²) < 4.78 is 0. The fourth-order valence-corrected chi connectivity index (χ4v) is 1.09. The Labute approximate surface area is 107 Å². The Bertz CT molecular complexity index is 532. The lowest BCUT2D eigenvalue weighted by atomic mass is 10.2. The maximum Gasteiger partial charge on any atom is 0.328 e. The number of carbonyl (C=O) groups excluding carboxylic acids is 2. The van der Waals surface area contributed by atoms with E-state index in [9.17, 15) is 19.5 Å². The zero-order valence-corrected chi connectivity index (χ0v) is 9.41. The molecule has 0 heterocycles. The van der Waals surface area contributed by atoms with Crippen LogP contribution in [-0.2, 0) is 9.59 Å². The van der Waals surface area contributed by atoms with Crippen LogP contribution in [0.25, 0.3) is 0 Å². The Hall–Kier alpha value is -3.03. The number of hydrogen-bond acceptors (Lipinski definition) is 5. The van der Waals surface area contributed by atoms with Crippen LogP contribution in [0, 0.1) is 0 Å². The number of hydrogen-bond donors (Lipinski definition) is 4. The molecule has 2 amide bonds. The summed E-state index contributed by atoms with van der Waals surface area (Å²) in [6.07, 6.45) is 1.29. The highest BCUT2D eigenvalue weighted by molar-refractivity contribution is 5.98.